The number of primary amides is 1. The van der Waals surface area contributed by atoms with Crippen LogP contribution < -0.4 is 5.73 Å². The van der Waals surface area contributed by atoms with Crippen LogP contribution in [0.15, 0.2) is 40.3 Å². The highest BCUT2D eigenvalue weighted by molar-refractivity contribution is 9.10. The van der Waals surface area contributed by atoms with Crippen molar-refractivity contribution < 1.29 is 14.7 Å². The maximum Gasteiger partial charge on any atom is 0.303 e. The molecule has 0 unspecified atom stereocenters. The highest BCUT2D eigenvalue weighted by Gasteiger charge is 2.17. The number of carboxylic acids is 1. The molecule has 2 heterocycles. The summed E-state index contributed by atoms with van der Waals surface area (Å²) in [5.41, 5.74) is 9.26. The van der Waals surface area contributed by atoms with Crippen molar-refractivity contribution in [2.45, 2.75) is 19.8 Å². The summed E-state index contributed by atoms with van der Waals surface area (Å²) in [5, 5.41) is 11.8. The number of aliphatic carboxylic acids is 1. The lowest BCUT2D eigenvalue weighted by Gasteiger charge is -2.15. The number of carboxylic acid groups (broad SMARTS) is 1. The van der Waals surface area contributed by atoms with Gasteiger partial charge in [0.1, 0.15) is 9.61 Å². The third kappa shape index (κ3) is 3.71. The van der Waals surface area contributed by atoms with Crippen molar-refractivity contribution in [2.75, 3.05) is 0 Å². The topological polar surface area (TPSA) is 98.2 Å². The smallest absolute Gasteiger partial charge is 0.303 e. The molecule has 0 fully saturated rings. The minimum Gasteiger partial charge on any atom is -0.481 e. The number of nitrogens with two attached hydrogens (primary N) is 1. The highest BCUT2D eigenvalue weighted by atomic mass is 79.9. The van der Waals surface area contributed by atoms with Crippen molar-refractivity contribution in [1.29, 1.82) is 0 Å². The van der Waals surface area contributed by atoms with Gasteiger partial charge in [0, 0.05) is 22.3 Å². The quantitative estimate of drug-likeness (QED) is 0.617. The van der Waals surface area contributed by atoms with Crippen LogP contribution in [0.3, 0.4) is 0 Å². The Morgan fingerprint density at radius 3 is 2.65 bits per heavy atom. The van der Waals surface area contributed by atoms with Gasteiger partial charge in [-0.2, -0.15) is 0 Å². The van der Waals surface area contributed by atoms with Gasteiger partial charge in [0.05, 0.1) is 12.1 Å². The van der Waals surface area contributed by atoms with Crippen LogP contribution in [0.5, 0.6) is 0 Å². The Labute approximate surface area is 162 Å². The van der Waals surface area contributed by atoms with Gasteiger partial charge in [-0.1, -0.05) is 0 Å². The summed E-state index contributed by atoms with van der Waals surface area (Å²) in [6.07, 6.45) is 0.419. The Hall–Kier alpha value is -2.45. The van der Waals surface area contributed by atoms with Crippen molar-refractivity contribution in [3.8, 4) is 16.4 Å². The van der Waals surface area contributed by atoms with E-state index in [-0.39, 0.29) is 6.42 Å². The Kier molecular flexibility index (Phi) is 5.24. The molecule has 8 heteroatoms. The summed E-state index contributed by atoms with van der Waals surface area (Å²) in [5.74, 6) is -1.33. The zero-order valence-corrected chi connectivity index (χ0v) is 16.3. The van der Waals surface area contributed by atoms with Crippen LogP contribution >= 0.6 is 27.3 Å². The summed E-state index contributed by atoms with van der Waals surface area (Å²) in [6, 6.07) is 9.08. The van der Waals surface area contributed by atoms with E-state index in [1.54, 1.807) is 12.1 Å². The monoisotopic (exact) mass is 433 g/mol. The van der Waals surface area contributed by atoms with Crippen LogP contribution in [-0.2, 0) is 11.2 Å². The van der Waals surface area contributed by atoms with Gasteiger partial charge in [0.2, 0.25) is 5.91 Å². The van der Waals surface area contributed by atoms with E-state index in [1.165, 1.54) is 11.3 Å². The van der Waals surface area contributed by atoms with E-state index in [4.69, 9.17) is 10.8 Å². The molecule has 0 atom stereocenters. The predicted octanol–water partition coefficient (Wildman–Crippen LogP) is 3.79. The first kappa shape index (κ1) is 18.3. The molecule has 0 saturated heterocycles. The molecule has 3 N–H and O–H groups in total. The van der Waals surface area contributed by atoms with E-state index in [9.17, 15) is 9.59 Å². The number of thiazole rings is 1. The van der Waals surface area contributed by atoms with Gasteiger partial charge in [-0.05, 0) is 65.2 Å². The average molecular weight is 434 g/mol. The number of carbonyl (C=O) groups excluding carboxylic acids is 1. The van der Waals surface area contributed by atoms with Crippen molar-refractivity contribution in [1.82, 2.24) is 9.55 Å². The van der Waals surface area contributed by atoms with E-state index in [0.717, 1.165) is 32.2 Å². The average Bonchev–Trinajstić information content (AvgIpc) is 3.18. The molecule has 0 aliphatic heterocycles. The molecule has 1 amide bonds. The molecule has 0 saturated carbocycles. The Bertz CT molecular complexity index is 993. The van der Waals surface area contributed by atoms with Gasteiger partial charge in [0.15, 0.2) is 0 Å². The number of nitrogens with zero attached hydrogens (tertiary/aromatic N) is 2. The first-order valence-corrected chi connectivity index (χ1v) is 9.48. The first-order valence-electron chi connectivity index (χ1n) is 7.81. The van der Waals surface area contributed by atoms with Crippen molar-refractivity contribution in [2.24, 2.45) is 5.73 Å². The number of benzene rings is 1. The predicted molar refractivity (Wildman–Crippen MR) is 104 cm³/mol. The fraction of sp³-hybridized carbons (Fsp3) is 0.167. The molecule has 26 heavy (non-hydrogen) atoms. The highest BCUT2D eigenvalue weighted by Crippen LogP contribution is 2.32. The number of amides is 1. The summed E-state index contributed by atoms with van der Waals surface area (Å²) in [7, 11) is 0. The molecule has 134 valence electrons. The fourth-order valence-corrected chi connectivity index (χ4v) is 4.06. The number of halogens is 1. The molecule has 3 rings (SSSR count). The molecule has 6 nitrogen and oxygen atoms in total. The Morgan fingerprint density at radius 2 is 2.08 bits per heavy atom. The Morgan fingerprint density at radius 1 is 1.31 bits per heavy atom. The molecule has 0 bridgehead atoms. The van der Waals surface area contributed by atoms with Crippen LogP contribution in [0, 0.1) is 6.92 Å². The number of rotatable bonds is 6. The van der Waals surface area contributed by atoms with E-state index >= 15 is 0 Å². The summed E-state index contributed by atoms with van der Waals surface area (Å²) in [6.45, 7) is 1.89. The van der Waals surface area contributed by atoms with Crippen LogP contribution in [-0.4, -0.2) is 26.5 Å². The molecule has 2 aromatic heterocycles. The Balaban J connectivity index is 2.15. The van der Waals surface area contributed by atoms with Crippen LogP contribution in [0.4, 0.5) is 0 Å². The van der Waals surface area contributed by atoms with Gasteiger partial charge in [-0.15, -0.1) is 11.3 Å². The van der Waals surface area contributed by atoms with E-state index in [2.05, 4.69) is 20.9 Å². The molecular weight excluding hydrogens is 418 g/mol. The van der Waals surface area contributed by atoms with Crippen molar-refractivity contribution in [3.05, 3.63) is 57.1 Å². The maximum absolute atomic E-state index is 11.4. The maximum atomic E-state index is 11.4. The van der Waals surface area contributed by atoms with Gasteiger partial charge in [0.25, 0.3) is 0 Å². The summed E-state index contributed by atoms with van der Waals surface area (Å²) in [4.78, 5) is 26.9. The molecular formula is C18H16BrN3O3S. The zero-order chi connectivity index (χ0) is 18.8. The standard InChI is InChI=1S/C18H16BrN3O3S/c1-10-8-11(17(20)25)2-5-13(10)22-12(4-7-16(23)24)3-6-14(22)18-21-15(19)9-26-18/h2-3,5-6,8-9H,4,7H2,1H3,(H2,20,25)(H,23,24). The third-order valence-corrected chi connectivity index (χ3v) is 5.55. The largest absolute Gasteiger partial charge is 0.481 e. The number of hydrogen-bond acceptors (Lipinski definition) is 4. The SMILES string of the molecule is Cc1cc(C(N)=O)ccc1-n1c(CCC(=O)O)ccc1-c1nc(Br)cs1. The minimum atomic E-state index is -0.850. The van der Waals surface area contributed by atoms with Gasteiger partial charge in [-0.25, -0.2) is 4.98 Å². The number of aromatic nitrogens is 2. The molecule has 0 spiro atoms. The molecule has 3 aromatic rings. The van der Waals surface area contributed by atoms with Crippen molar-refractivity contribution in [3.63, 3.8) is 0 Å². The number of carbonyl (C=O) groups is 2. The van der Waals surface area contributed by atoms with E-state index in [1.807, 2.05) is 35.1 Å². The zero-order valence-electron chi connectivity index (χ0n) is 13.9. The summed E-state index contributed by atoms with van der Waals surface area (Å²) >= 11 is 4.86. The lowest BCUT2D eigenvalue weighted by atomic mass is 10.1. The van der Waals surface area contributed by atoms with Crippen LogP contribution in [0.25, 0.3) is 16.4 Å². The lowest BCUT2D eigenvalue weighted by molar-refractivity contribution is -0.136. The second-order valence-corrected chi connectivity index (χ2v) is 7.45. The number of hydrogen-bond donors (Lipinski definition) is 2. The molecule has 1 aromatic carbocycles. The second-order valence-electron chi connectivity index (χ2n) is 5.78. The van der Waals surface area contributed by atoms with E-state index < -0.39 is 11.9 Å². The minimum absolute atomic E-state index is 0.0312. The van der Waals surface area contributed by atoms with Crippen molar-refractivity contribution >= 4 is 39.1 Å². The first-order chi connectivity index (χ1) is 12.4. The second kappa shape index (κ2) is 7.43. The molecule has 0 aliphatic rings. The third-order valence-electron chi connectivity index (χ3n) is 3.97. The molecule has 0 aliphatic carbocycles. The number of aryl methyl sites for hydroxylation is 2. The van der Waals surface area contributed by atoms with Crippen LogP contribution in [0.1, 0.15) is 28.0 Å². The van der Waals surface area contributed by atoms with Gasteiger partial charge >= 0.3 is 5.97 Å². The summed E-state index contributed by atoms with van der Waals surface area (Å²) < 4.78 is 2.74. The van der Waals surface area contributed by atoms with E-state index in [0.29, 0.717) is 12.0 Å². The van der Waals surface area contributed by atoms with Crippen LogP contribution in [0.2, 0.25) is 0 Å². The molecule has 0 radical (unpaired) electrons. The lowest BCUT2D eigenvalue weighted by Crippen LogP contribution is -2.12. The van der Waals surface area contributed by atoms with Gasteiger partial charge in [-0.3, -0.25) is 9.59 Å². The fourth-order valence-electron chi connectivity index (χ4n) is 2.79. The van der Waals surface area contributed by atoms with Gasteiger partial charge < -0.3 is 15.4 Å². The normalized spacial score (nSPS) is 10.8.